The van der Waals surface area contributed by atoms with Crippen molar-refractivity contribution >= 4 is 17.6 Å². The SMILES string of the molecule is O=C(Nc1ccccc1C(=O)O)c1ccc(-c2ccccc2F)o1. The largest absolute Gasteiger partial charge is 0.478 e. The summed E-state index contributed by atoms with van der Waals surface area (Å²) in [5.41, 5.74) is 0.355. The van der Waals surface area contributed by atoms with Crippen LogP contribution in [0, 0.1) is 5.82 Å². The number of carboxylic acids is 1. The van der Waals surface area contributed by atoms with Gasteiger partial charge in [0, 0.05) is 0 Å². The van der Waals surface area contributed by atoms with Crippen LogP contribution in [0.3, 0.4) is 0 Å². The Labute approximate surface area is 136 Å². The van der Waals surface area contributed by atoms with Gasteiger partial charge in [0.2, 0.25) is 0 Å². The minimum absolute atomic E-state index is 0.0354. The van der Waals surface area contributed by atoms with Crippen LogP contribution in [0.15, 0.2) is 65.1 Å². The zero-order valence-electron chi connectivity index (χ0n) is 12.3. The van der Waals surface area contributed by atoms with Crippen molar-refractivity contribution in [2.24, 2.45) is 0 Å². The molecule has 0 bridgehead atoms. The highest BCUT2D eigenvalue weighted by Gasteiger charge is 2.17. The van der Waals surface area contributed by atoms with Crippen LogP contribution in [0.4, 0.5) is 10.1 Å². The van der Waals surface area contributed by atoms with E-state index in [2.05, 4.69) is 5.32 Å². The van der Waals surface area contributed by atoms with Crippen molar-refractivity contribution < 1.29 is 23.5 Å². The number of rotatable bonds is 4. The molecule has 0 fully saturated rings. The van der Waals surface area contributed by atoms with E-state index in [0.29, 0.717) is 0 Å². The smallest absolute Gasteiger partial charge is 0.337 e. The van der Waals surface area contributed by atoms with Crippen LogP contribution >= 0.6 is 0 Å². The summed E-state index contributed by atoms with van der Waals surface area (Å²) in [6.07, 6.45) is 0. The number of carbonyl (C=O) groups is 2. The molecule has 0 saturated heterocycles. The lowest BCUT2D eigenvalue weighted by molar-refractivity contribution is 0.0698. The zero-order chi connectivity index (χ0) is 17.1. The highest BCUT2D eigenvalue weighted by Crippen LogP contribution is 2.25. The monoisotopic (exact) mass is 325 g/mol. The normalized spacial score (nSPS) is 10.4. The number of para-hydroxylation sites is 1. The highest BCUT2D eigenvalue weighted by atomic mass is 19.1. The van der Waals surface area contributed by atoms with Crippen LogP contribution in [0.5, 0.6) is 0 Å². The first kappa shape index (κ1) is 15.5. The maximum Gasteiger partial charge on any atom is 0.337 e. The molecular weight excluding hydrogens is 313 g/mol. The number of carbonyl (C=O) groups excluding carboxylic acids is 1. The molecule has 5 nitrogen and oxygen atoms in total. The second-order valence-electron chi connectivity index (χ2n) is 4.95. The number of hydrogen-bond acceptors (Lipinski definition) is 3. The van der Waals surface area contributed by atoms with Gasteiger partial charge in [0.15, 0.2) is 5.76 Å². The number of benzene rings is 2. The minimum atomic E-state index is -1.16. The topological polar surface area (TPSA) is 79.5 Å². The van der Waals surface area contributed by atoms with Crippen molar-refractivity contribution in [3.8, 4) is 11.3 Å². The van der Waals surface area contributed by atoms with Crippen molar-refractivity contribution in [1.29, 1.82) is 0 Å². The Bertz CT molecular complexity index is 917. The zero-order valence-corrected chi connectivity index (χ0v) is 12.3. The molecule has 1 aromatic heterocycles. The van der Waals surface area contributed by atoms with Gasteiger partial charge in [0.1, 0.15) is 11.6 Å². The van der Waals surface area contributed by atoms with Gasteiger partial charge in [0.25, 0.3) is 5.91 Å². The molecule has 0 saturated carbocycles. The lowest BCUT2D eigenvalue weighted by Crippen LogP contribution is -2.14. The first-order valence-corrected chi connectivity index (χ1v) is 7.04. The Morgan fingerprint density at radius 3 is 2.42 bits per heavy atom. The predicted molar refractivity (Wildman–Crippen MR) is 85.5 cm³/mol. The van der Waals surface area contributed by atoms with Crippen LogP contribution < -0.4 is 5.32 Å². The van der Waals surface area contributed by atoms with Crippen LogP contribution in [0.2, 0.25) is 0 Å². The van der Waals surface area contributed by atoms with Crippen molar-refractivity contribution in [2.75, 3.05) is 5.32 Å². The third-order valence-corrected chi connectivity index (χ3v) is 3.37. The van der Waals surface area contributed by atoms with E-state index in [1.54, 1.807) is 24.3 Å². The van der Waals surface area contributed by atoms with Gasteiger partial charge in [-0.25, -0.2) is 9.18 Å². The van der Waals surface area contributed by atoms with E-state index in [4.69, 9.17) is 9.52 Å². The van der Waals surface area contributed by atoms with Crippen molar-refractivity contribution in [3.05, 3.63) is 77.8 Å². The summed E-state index contributed by atoms with van der Waals surface area (Å²) >= 11 is 0. The Balaban J connectivity index is 1.85. The number of anilines is 1. The molecule has 1 heterocycles. The first-order chi connectivity index (χ1) is 11.6. The molecule has 0 aliphatic heterocycles. The molecule has 3 rings (SSSR count). The van der Waals surface area contributed by atoms with E-state index in [9.17, 15) is 14.0 Å². The van der Waals surface area contributed by atoms with Gasteiger partial charge in [-0.15, -0.1) is 0 Å². The predicted octanol–water partition coefficient (Wildman–Crippen LogP) is 4.04. The van der Waals surface area contributed by atoms with Gasteiger partial charge in [-0.05, 0) is 36.4 Å². The summed E-state index contributed by atoms with van der Waals surface area (Å²) < 4.78 is 19.1. The summed E-state index contributed by atoms with van der Waals surface area (Å²) in [6, 6.07) is 14.9. The molecule has 0 aliphatic carbocycles. The average molecular weight is 325 g/mol. The van der Waals surface area contributed by atoms with Gasteiger partial charge >= 0.3 is 5.97 Å². The molecule has 2 aromatic carbocycles. The number of nitrogens with one attached hydrogen (secondary N) is 1. The standard InChI is InChI=1S/C18H12FNO4/c19-13-7-3-1-5-11(13)15-9-10-16(24-15)17(21)20-14-8-4-2-6-12(14)18(22)23/h1-10H,(H,20,21)(H,22,23). The lowest BCUT2D eigenvalue weighted by Gasteiger charge is -2.06. The lowest BCUT2D eigenvalue weighted by atomic mass is 10.1. The number of halogens is 1. The molecule has 0 radical (unpaired) electrons. The molecule has 2 N–H and O–H groups in total. The van der Waals surface area contributed by atoms with Gasteiger partial charge < -0.3 is 14.8 Å². The summed E-state index contributed by atoms with van der Waals surface area (Å²) in [5, 5.41) is 11.6. The average Bonchev–Trinajstić information content (AvgIpc) is 3.05. The van der Waals surface area contributed by atoms with Gasteiger partial charge in [-0.1, -0.05) is 24.3 Å². The second-order valence-corrected chi connectivity index (χ2v) is 4.95. The Morgan fingerprint density at radius 1 is 0.958 bits per heavy atom. The van der Waals surface area contributed by atoms with Crippen molar-refractivity contribution in [1.82, 2.24) is 0 Å². The van der Waals surface area contributed by atoms with Gasteiger partial charge in [-0.2, -0.15) is 0 Å². The third-order valence-electron chi connectivity index (χ3n) is 3.37. The maximum atomic E-state index is 13.7. The molecule has 0 unspecified atom stereocenters. The van der Waals surface area contributed by atoms with Crippen LogP contribution in [-0.2, 0) is 0 Å². The summed E-state index contributed by atoms with van der Waals surface area (Å²) in [7, 11) is 0. The molecule has 1 amide bonds. The molecule has 24 heavy (non-hydrogen) atoms. The van der Waals surface area contributed by atoms with Crippen LogP contribution in [-0.4, -0.2) is 17.0 Å². The van der Waals surface area contributed by atoms with E-state index < -0.39 is 17.7 Å². The number of furan rings is 1. The van der Waals surface area contributed by atoms with E-state index in [1.165, 1.54) is 36.4 Å². The van der Waals surface area contributed by atoms with E-state index >= 15 is 0 Å². The molecular formula is C18H12FNO4. The molecule has 120 valence electrons. The van der Waals surface area contributed by atoms with Gasteiger partial charge in [0.05, 0.1) is 16.8 Å². The number of carboxylic acid groups (broad SMARTS) is 1. The van der Waals surface area contributed by atoms with Gasteiger partial charge in [-0.3, -0.25) is 4.79 Å². The number of amides is 1. The van der Waals surface area contributed by atoms with E-state index in [-0.39, 0.29) is 28.3 Å². The Kier molecular flexibility index (Phi) is 4.11. The number of aromatic carboxylic acids is 1. The molecule has 0 spiro atoms. The fourth-order valence-electron chi connectivity index (χ4n) is 2.23. The molecule has 0 atom stereocenters. The number of hydrogen-bond donors (Lipinski definition) is 2. The van der Waals surface area contributed by atoms with Crippen LogP contribution in [0.1, 0.15) is 20.9 Å². The van der Waals surface area contributed by atoms with Crippen molar-refractivity contribution in [2.45, 2.75) is 0 Å². The van der Waals surface area contributed by atoms with E-state index in [0.717, 1.165) is 0 Å². The summed E-state index contributed by atoms with van der Waals surface area (Å²) in [5.74, 6) is -2.07. The fraction of sp³-hybridized carbons (Fsp3) is 0. The van der Waals surface area contributed by atoms with Crippen molar-refractivity contribution in [3.63, 3.8) is 0 Å². The molecule has 6 heteroatoms. The Morgan fingerprint density at radius 2 is 1.67 bits per heavy atom. The van der Waals surface area contributed by atoms with Crippen LogP contribution in [0.25, 0.3) is 11.3 Å². The minimum Gasteiger partial charge on any atom is -0.478 e. The summed E-state index contributed by atoms with van der Waals surface area (Å²) in [6.45, 7) is 0. The third kappa shape index (κ3) is 3.03. The summed E-state index contributed by atoms with van der Waals surface area (Å²) in [4.78, 5) is 23.4. The first-order valence-electron chi connectivity index (χ1n) is 7.04. The van der Waals surface area contributed by atoms with E-state index in [1.807, 2.05) is 0 Å². The quantitative estimate of drug-likeness (QED) is 0.759. The second kappa shape index (κ2) is 6.37. The molecule has 3 aromatic rings. The maximum absolute atomic E-state index is 13.7. The fourth-order valence-corrected chi connectivity index (χ4v) is 2.23. The molecule has 0 aliphatic rings. The Hall–Kier alpha value is -3.41. The highest BCUT2D eigenvalue weighted by molar-refractivity contribution is 6.06.